The number of Topliss-reactive ketones (excluding diaryl/α,β-unsaturated/α-hetero) is 1. The number of hydrogen-bond donors (Lipinski definition) is 1. The number of carbonyl (C=O) groups excluding carboxylic acids is 2. The normalized spacial score (nSPS) is 14.4. The molecule has 5 rings (SSSR count). The highest BCUT2D eigenvalue weighted by atomic mass is 79.9. The van der Waals surface area contributed by atoms with Gasteiger partial charge in [-0.2, -0.15) is 5.10 Å². The van der Waals surface area contributed by atoms with E-state index in [0.29, 0.717) is 39.1 Å². The molecule has 0 spiro atoms. The predicted molar refractivity (Wildman–Crippen MR) is 183 cm³/mol. The van der Waals surface area contributed by atoms with Crippen LogP contribution in [-0.4, -0.2) is 62.5 Å². The van der Waals surface area contributed by atoms with Crippen LogP contribution in [0.3, 0.4) is 0 Å². The number of halogens is 1. The molecule has 0 atom stereocenters. The molecule has 0 amide bonds. The van der Waals surface area contributed by atoms with E-state index in [2.05, 4.69) is 93.6 Å². The SMILES string of the molecule is CCOC(=O)CCCCn1ccc(/C=C2\CN(C(c3ccccc3)(c3ccccc3)c3ccccc3)CCC2=O)n1.O=C(O)CBr. The summed E-state index contributed by atoms with van der Waals surface area (Å²) in [7, 11) is 0. The fourth-order valence-corrected chi connectivity index (χ4v) is 5.80. The van der Waals surface area contributed by atoms with Gasteiger partial charge in [-0.05, 0) is 48.6 Å². The molecule has 4 aromatic rings. The number of ether oxygens (including phenoxy) is 1. The van der Waals surface area contributed by atoms with E-state index in [-0.39, 0.29) is 17.1 Å². The van der Waals surface area contributed by atoms with Crippen LogP contribution in [0.2, 0.25) is 0 Å². The summed E-state index contributed by atoms with van der Waals surface area (Å²) in [6.07, 6.45) is 6.32. The minimum absolute atomic E-state index is 0.0347. The zero-order valence-corrected chi connectivity index (χ0v) is 27.6. The Balaban J connectivity index is 0.000000892. The molecule has 0 bridgehead atoms. The molecule has 2 heterocycles. The number of piperidine rings is 1. The van der Waals surface area contributed by atoms with Crippen LogP contribution in [0.15, 0.2) is 109 Å². The molecule has 1 N–H and O–H groups in total. The number of aliphatic carboxylic acids is 1. The van der Waals surface area contributed by atoms with Crippen molar-refractivity contribution in [3.63, 3.8) is 0 Å². The summed E-state index contributed by atoms with van der Waals surface area (Å²) in [4.78, 5) is 36.6. The smallest absolute Gasteiger partial charge is 0.314 e. The number of carboxylic acids is 1. The average Bonchev–Trinajstić information content (AvgIpc) is 3.54. The fourth-order valence-electron chi connectivity index (χ4n) is 5.80. The Hall–Kier alpha value is -4.34. The lowest BCUT2D eigenvalue weighted by Gasteiger charge is -2.47. The van der Waals surface area contributed by atoms with E-state index in [0.717, 1.165) is 40.8 Å². The Labute approximate surface area is 278 Å². The Bertz CT molecular complexity index is 1490. The highest BCUT2D eigenvalue weighted by Gasteiger charge is 2.44. The van der Waals surface area contributed by atoms with Crippen molar-refractivity contribution < 1.29 is 24.2 Å². The number of unbranched alkanes of at least 4 members (excludes halogenated alkanes) is 1. The van der Waals surface area contributed by atoms with Crippen molar-refractivity contribution in [1.82, 2.24) is 14.7 Å². The molecule has 9 heteroatoms. The summed E-state index contributed by atoms with van der Waals surface area (Å²) in [6.45, 7) is 4.09. The van der Waals surface area contributed by atoms with Gasteiger partial charge in [-0.15, -0.1) is 0 Å². The lowest BCUT2D eigenvalue weighted by Crippen LogP contribution is -2.52. The number of ketones is 1. The Morgan fingerprint density at radius 1 is 0.913 bits per heavy atom. The molecule has 1 aliphatic rings. The second-order valence-electron chi connectivity index (χ2n) is 10.9. The zero-order chi connectivity index (χ0) is 32.8. The van der Waals surface area contributed by atoms with Crippen LogP contribution < -0.4 is 0 Å². The van der Waals surface area contributed by atoms with Crippen LogP contribution in [0.25, 0.3) is 6.08 Å². The van der Waals surface area contributed by atoms with Crippen molar-refractivity contribution in [2.45, 2.75) is 44.7 Å². The molecule has 3 aromatic carbocycles. The van der Waals surface area contributed by atoms with Crippen LogP contribution in [-0.2, 0) is 31.2 Å². The number of hydrogen-bond acceptors (Lipinski definition) is 6. The molecule has 240 valence electrons. The molecule has 0 aliphatic carbocycles. The second kappa shape index (κ2) is 17.4. The van der Waals surface area contributed by atoms with Crippen molar-refractivity contribution in [3.8, 4) is 0 Å². The molecule has 0 unspecified atom stereocenters. The van der Waals surface area contributed by atoms with Gasteiger partial charge in [0.15, 0.2) is 5.78 Å². The van der Waals surface area contributed by atoms with E-state index in [1.54, 1.807) is 0 Å². The van der Waals surface area contributed by atoms with Crippen LogP contribution in [0, 0.1) is 0 Å². The molecule has 1 saturated heterocycles. The van der Waals surface area contributed by atoms with E-state index in [1.807, 2.05) is 48.1 Å². The summed E-state index contributed by atoms with van der Waals surface area (Å²) >= 11 is 2.71. The molecular weight excluding hydrogens is 646 g/mol. The van der Waals surface area contributed by atoms with Gasteiger partial charge < -0.3 is 9.84 Å². The molecule has 1 aliphatic heterocycles. The van der Waals surface area contributed by atoms with Gasteiger partial charge in [0, 0.05) is 44.2 Å². The quantitative estimate of drug-likeness (QED) is 0.0580. The third-order valence-corrected chi connectivity index (χ3v) is 8.28. The number of rotatable bonds is 12. The van der Waals surface area contributed by atoms with E-state index in [1.165, 1.54) is 0 Å². The molecule has 0 radical (unpaired) electrons. The Kier molecular flexibility index (Phi) is 13.0. The minimum Gasteiger partial charge on any atom is -0.481 e. The van der Waals surface area contributed by atoms with E-state index >= 15 is 0 Å². The lowest BCUT2D eigenvalue weighted by molar-refractivity contribution is -0.143. The maximum atomic E-state index is 13.2. The predicted octanol–water partition coefficient (Wildman–Crippen LogP) is 6.73. The number of aryl methyl sites for hydroxylation is 1. The fraction of sp³-hybridized carbons (Fsp3) is 0.297. The number of carboxylic acid groups (broad SMARTS) is 1. The summed E-state index contributed by atoms with van der Waals surface area (Å²) in [5, 5.41) is 12.4. The molecule has 8 nitrogen and oxygen atoms in total. The maximum Gasteiger partial charge on any atom is 0.314 e. The van der Waals surface area contributed by atoms with Gasteiger partial charge in [-0.3, -0.25) is 24.0 Å². The zero-order valence-electron chi connectivity index (χ0n) is 26.1. The molecule has 0 saturated carbocycles. The van der Waals surface area contributed by atoms with Gasteiger partial charge in [-0.1, -0.05) is 107 Å². The molecule has 1 aromatic heterocycles. The number of esters is 1. The monoisotopic (exact) mass is 685 g/mol. The summed E-state index contributed by atoms with van der Waals surface area (Å²) < 4.78 is 6.88. The number of alkyl halides is 1. The van der Waals surface area contributed by atoms with Gasteiger partial charge in [0.2, 0.25) is 0 Å². The second-order valence-corrected chi connectivity index (χ2v) is 11.4. The molecular formula is C37H40BrN3O5. The van der Waals surface area contributed by atoms with E-state index < -0.39 is 11.5 Å². The lowest BCUT2D eigenvalue weighted by atomic mass is 9.74. The largest absolute Gasteiger partial charge is 0.481 e. The highest BCUT2D eigenvalue weighted by molar-refractivity contribution is 9.09. The first kappa shape index (κ1) is 34.5. The topological polar surface area (TPSA) is 102 Å². The van der Waals surface area contributed by atoms with Crippen molar-refractivity contribution in [1.29, 1.82) is 0 Å². The first-order chi connectivity index (χ1) is 22.4. The van der Waals surface area contributed by atoms with Gasteiger partial charge in [-0.25, -0.2) is 0 Å². The van der Waals surface area contributed by atoms with Crippen LogP contribution in [0.5, 0.6) is 0 Å². The number of nitrogens with zero attached hydrogens (tertiary/aromatic N) is 3. The van der Waals surface area contributed by atoms with Crippen molar-refractivity contribution >= 4 is 39.7 Å². The first-order valence-corrected chi connectivity index (χ1v) is 16.6. The average molecular weight is 687 g/mol. The van der Waals surface area contributed by atoms with Crippen LogP contribution in [0.1, 0.15) is 55.0 Å². The summed E-state index contributed by atoms with van der Waals surface area (Å²) in [5.74, 6) is -0.824. The van der Waals surface area contributed by atoms with Gasteiger partial charge in [0.05, 0.1) is 17.8 Å². The van der Waals surface area contributed by atoms with Crippen molar-refractivity contribution in [3.05, 3.63) is 131 Å². The van der Waals surface area contributed by atoms with Crippen LogP contribution in [0.4, 0.5) is 0 Å². The molecule has 1 fully saturated rings. The number of carbonyl (C=O) groups is 3. The first-order valence-electron chi connectivity index (χ1n) is 15.5. The molecule has 46 heavy (non-hydrogen) atoms. The third-order valence-electron chi connectivity index (χ3n) is 7.80. The Morgan fingerprint density at radius 3 is 1.96 bits per heavy atom. The van der Waals surface area contributed by atoms with Gasteiger partial charge in [0.1, 0.15) is 5.33 Å². The Morgan fingerprint density at radius 2 is 1.46 bits per heavy atom. The highest BCUT2D eigenvalue weighted by Crippen LogP contribution is 2.44. The van der Waals surface area contributed by atoms with E-state index in [9.17, 15) is 14.4 Å². The van der Waals surface area contributed by atoms with Gasteiger partial charge in [0.25, 0.3) is 0 Å². The van der Waals surface area contributed by atoms with Crippen LogP contribution >= 0.6 is 15.9 Å². The van der Waals surface area contributed by atoms with Gasteiger partial charge >= 0.3 is 11.9 Å². The standard InChI is InChI=1S/C35H37N3O3.C2H3BrO2/c1-2-41-34(40)20-12-13-23-38-25-21-32(36-38)26-28-27-37(24-22-33(28)39)35(29-14-6-3-7-15-29,30-16-8-4-9-17-30)31-18-10-5-11-19-31;3-1-2(4)5/h3-11,14-19,21,25-26H,2,12-13,20,22-24,27H2,1H3;1H2,(H,4,5)/b28-26+;. The van der Waals surface area contributed by atoms with Crippen molar-refractivity contribution in [2.75, 3.05) is 25.0 Å². The van der Waals surface area contributed by atoms with E-state index in [4.69, 9.17) is 14.9 Å². The maximum absolute atomic E-state index is 13.2. The minimum atomic E-state index is -0.829. The summed E-state index contributed by atoms with van der Waals surface area (Å²) in [6, 6.07) is 33.7. The summed E-state index contributed by atoms with van der Waals surface area (Å²) in [5.41, 5.74) is 4.46. The number of likely N-dealkylation sites (tertiary alicyclic amines) is 1. The number of aromatic nitrogens is 2. The van der Waals surface area contributed by atoms with Crippen molar-refractivity contribution in [2.24, 2.45) is 0 Å². The number of benzene rings is 3. The third kappa shape index (κ3) is 8.89.